The second-order valence-corrected chi connectivity index (χ2v) is 4.73. The van der Waals surface area contributed by atoms with Crippen molar-refractivity contribution in [3.05, 3.63) is 23.3 Å². The number of aliphatic hydroxyl groups excluding tert-OH is 1. The zero-order valence-corrected chi connectivity index (χ0v) is 12.0. The number of halogens is 1. The first-order valence-corrected chi connectivity index (χ1v) is 6.99. The van der Waals surface area contributed by atoms with Gasteiger partial charge in [-0.1, -0.05) is 45.7 Å². The minimum absolute atomic E-state index is 0.0133. The molecule has 2 N–H and O–H groups in total. The van der Waals surface area contributed by atoms with Crippen molar-refractivity contribution in [1.82, 2.24) is 0 Å². The van der Waals surface area contributed by atoms with E-state index in [0.29, 0.717) is 18.2 Å². The van der Waals surface area contributed by atoms with E-state index in [2.05, 4.69) is 39.6 Å². The fourth-order valence-corrected chi connectivity index (χ4v) is 1.94. The fraction of sp³-hybridized carbons (Fsp3) is 0.467. The van der Waals surface area contributed by atoms with Crippen LogP contribution >= 0.6 is 15.9 Å². The van der Waals surface area contributed by atoms with E-state index in [1.807, 2.05) is 13.0 Å². The van der Waals surface area contributed by atoms with Gasteiger partial charge in [0.1, 0.15) is 5.60 Å². The van der Waals surface area contributed by atoms with Crippen molar-refractivity contribution in [3.63, 3.8) is 0 Å². The molecule has 1 atom stereocenters. The Hall–Kier alpha value is -1.00. The number of allylic oxidation sites excluding steroid dienone is 2. The van der Waals surface area contributed by atoms with E-state index in [0.717, 1.165) is 17.6 Å². The highest BCUT2D eigenvalue weighted by molar-refractivity contribution is 9.09. The highest BCUT2D eigenvalue weighted by Crippen LogP contribution is 2.32. The second kappa shape index (κ2) is 7.44. The Morgan fingerprint density at radius 1 is 1.56 bits per heavy atom. The largest absolute Gasteiger partial charge is 0.392 e. The van der Waals surface area contributed by atoms with Gasteiger partial charge in [0.25, 0.3) is 0 Å². The van der Waals surface area contributed by atoms with Gasteiger partial charge in [0.05, 0.1) is 11.9 Å². The molecule has 1 aliphatic carbocycles. The lowest BCUT2D eigenvalue weighted by Crippen LogP contribution is -2.26. The van der Waals surface area contributed by atoms with Crippen molar-refractivity contribution >= 4 is 15.9 Å². The Balaban J connectivity index is 2.78. The molecule has 0 saturated heterocycles. The van der Waals surface area contributed by atoms with Crippen molar-refractivity contribution in [2.24, 2.45) is 0 Å². The molecule has 3 heteroatoms. The van der Waals surface area contributed by atoms with E-state index in [4.69, 9.17) is 5.11 Å². The normalized spacial score (nSPS) is 22.7. The van der Waals surface area contributed by atoms with Crippen molar-refractivity contribution in [3.8, 4) is 23.7 Å². The van der Waals surface area contributed by atoms with E-state index < -0.39 is 5.60 Å². The number of alkyl halides is 1. The minimum Gasteiger partial charge on any atom is -0.392 e. The summed E-state index contributed by atoms with van der Waals surface area (Å²) in [5.74, 6) is 11.8. The molecule has 0 spiro atoms. The van der Waals surface area contributed by atoms with E-state index >= 15 is 0 Å². The Morgan fingerprint density at radius 3 is 3.00 bits per heavy atom. The summed E-state index contributed by atoms with van der Waals surface area (Å²) < 4.78 is 0. The molecule has 0 aromatic carbocycles. The molecule has 0 fully saturated rings. The van der Waals surface area contributed by atoms with Gasteiger partial charge in [-0.15, -0.1) is 0 Å². The predicted octanol–water partition coefficient (Wildman–Crippen LogP) is 2.17. The van der Waals surface area contributed by atoms with Crippen LogP contribution in [0.4, 0.5) is 0 Å². The summed E-state index contributed by atoms with van der Waals surface area (Å²) in [6.07, 6.45) is 5.54. The van der Waals surface area contributed by atoms with Crippen LogP contribution in [0.5, 0.6) is 0 Å². The lowest BCUT2D eigenvalue weighted by atomic mass is 9.92. The average molecular weight is 309 g/mol. The number of aliphatic hydroxyl groups is 2. The molecule has 96 valence electrons. The molecule has 1 aliphatic rings. The van der Waals surface area contributed by atoms with Gasteiger partial charge in [0.15, 0.2) is 0 Å². The topological polar surface area (TPSA) is 40.5 Å². The molecule has 1 rings (SSSR count). The zero-order chi connectivity index (χ0) is 13.4. The third kappa shape index (κ3) is 4.35. The van der Waals surface area contributed by atoms with Gasteiger partial charge in [0, 0.05) is 12.0 Å². The highest BCUT2D eigenvalue weighted by atomic mass is 79.9. The molecule has 18 heavy (non-hydrogen) atoms. The SMILES string of the molecule is CC(C#CC1=CCCC1(O)CC#CCBr)=CCO. The minimum atomic E-state index is -0.901. The lowest BCUT2D eigenvalue weighted by Gasteiger charge is -2.20. The monoisotopic (exact) mass is 308 g/mol. The summed E-state index contributed by atoms with van der Waals surface area (Å²) in [7, 11) is 0. The molecule has 0 amide bonds. The summed E-state index contributed by atoms with van der Waals surface area (Å²) in [5, 5.41) is 19.8. The van der Waals surface area contributed by atoms with Gasteiger partial charge in [-0.2, -0.15) is 0 Å². The summed E-state index contributed by atoms with van der Waals surface area (Å²) in [6.45, 7) is 1.82. The van der Waals surface area contributed by atoms with Crippen LogP contribution in [0.15, 0.2) is 23.3 Å². The molecule has 0 aliphatic heterocycles. The molecular formula is C15H17BrO2. The molecule has 0 bridgehead atoms. The lowest BCUT2D eigenvalue weighted by molar-refractivity contribution is 0.0893. The van der Waals surface area contributed by atoms with Crippen LogP contribution in [-0.2, 0) is 0 Å². The molecule has 0 aromatic heterocycles. The molecule has 1 unspecified atom stereocenters. The van der Waals surface area contributed by atoms with Crippen LogP contribution in [0.3, 0.4) is 0 Å². The van der Waals surface area contributed by atoms with Crippen LogP contribution in [0.2, 0.25) is 0 Å². The van der Waals surface area contributed by atoms with Gasteiger partial charge in [-0.05, 0) is 31.4 Å². The summed E-state index contributed by atoms with van der Waals surface area (Å²) in [4.78, 5) is 0. The molecule has 0 heterocycles. The average Bonchev–Trinajstić information content (AvgIpc) is 2.69. The van der Waals surface area contributed by atoms with Gasteiger partial charge < -0.3 is 10.2 Å². The maximum Gasteiger partial charge on any atom is 0.108 e. The molecule has 0 saturated carbocycles. The van der Waals surface area contributed by atoms with Crippen LogP contribution < -0.4 is 0 Å². The smallest absolute Gasteiger partial charge is 0.108 e. The Morgan fingerprint density at radius 2 is 2.33 bits per heavy atom. The van der Waals surface area contributed by atoms with E-state index in [1.54, 1.807) is 6.08 Å². The molecule has 0 aromatic rings. The third-order valence-electron chi connectivity index (χ3n) is 2.77. The first-order valence-electron chi connectivity index (χ1n) is 5.87. The Kier molecular flexibility index (Phi) is 6.22. The Bertz CT molecular complexity index is 468. The first-order chi connectivity index (χ1) is 8.62. The summed E-state index contributed by atoms with van der Waals surface area (Å²) >= 11 is 3.23. The standard InChI is InChI=1S/C15H17BrO2/c1-13(8-12-17)6-7-14-5-4-10-15(14,18)9-2-3-11-16/h5,8,17-18H,4,9-12H2,1H3. The fourth-order valence-electron chi connectivity index (χ4n) is 1.74. The van der Waals surface area contributed by atoms with Crippen molar-refractivity contribution in [1.29, 1.82) is 0 Å². The Labute approximate surface area is 117 Å². The number of hydrogen-bond donors (Lipinski definition) is 2. The van der Waals surface area contributed by atoms with Crippen LogP contribution in [0.25, 0.3) is 0 Å². The predicted molar refractivity (Wildman–Crippen MR) is 77.1 cm³/mol. The quantitative estimate of drug-likeness (QED) is 0.606. The zero-order valence-electron chi connectivity index (χ0n) is 10.5. The molecular weight excluding hydrogens is 292 g/mol. The van der Waals surface area contributed by atoms with Gasteiger partial charge >= 0.3 is 0 Å². The number of rotatable bonds is 2. The summed E-state index contributed by atoms with van der Waals surface area (Å²) in [5.41, 5.74) is 0.651. The van der Waals surface area contributed by atoms with Gasteiger partial charge in [0.2, 0.25) is 0 Å². The van der Waals surface area contributed by atoms with E-state index in [9.17, 15) is 5.11 Å². The molecule has 0 radical (unpaired) electrons. The number of hydrogen-bond acceptors (Lipinski definition) is 2. The molecule has 2 nitrogen and oxygen atoms in total. The first kappa shape index (κ1) is 15.1. The van der Waals surface area contributed by atoms with Crippen LogP contribution in [0, 0.1) is 23.7 Å². The maximum absolute atomic E-state index is 10.5. The highest BCUT2D eigenvalue weighted by Gasteiger charge is 2.33. The van der Waals surface area contributed by atoms with Gasteiger partial charge in [-0.25, -0.2) is 0 Å². The van der Waals surface area contributed by atoms with Crippen LogP contribution in [0.1, 0.15) is 26.2 Å². The van der Waals surface area contributed by atoms with E-state index in [1.165, 1.54) is 0 Å². The van der Waals surface area contributed by atoms with Crippen molar-refractivity contribution < 1.29 is 10.2 Å². The maximum atomic E-state index is 10.5. The van der Waals surface area contributed by atoms with Gasteiger partial charge in [-0.3, -0.25) is 0 Å². The third-order valence-corrected chi connectivity index (χ3v) is 3.05. The van der Waals surface area contributed by atoms with E-state index in [-0.39, 0.29) is 6.61 Å². The van der Waals surface area contributed by atoms with Crippen molar-refractivity contribution in [2.75, 3.05) is 11.9 Å². The summed E-state index contributed by atoms with van der Waals surface area (Å²) in [6, 6.07) is 0. The second-order valence-electron chi connectivity index (χ2n) is 4.17. The van der Waals surface area contributed by atoms with Crippen LogP contribution in [-0.4, -0.2) is 27.8 Å². The van der Waals surface area contributed by atoms with Crippen molar-refractivity contribution in [2.45, 2.75) is 31.8 Å².